The lowest BCUT2D eigenvalue weighted by Gasteiger charge is -2.30. The van der Waals surface area contributed by atoms with E-state index in [-0.39, 0.29) is 16.5 Å². The molecule has 0 radical (unpaired) electrons. The van der Waals surface area contributed by atoms with Gasteiger partial charge in [0, 0.05) is 33.2 Å². The summed E-state index contributed by atoms with van der Waals surface area (Å²) in [4.78, 5) is 13.4. The van der Waals surface area contributed by atoms with Gasteiger partial charge in [0.25, 0.3) is 5.91 Å². The molecule has 1 aliphatic rings. The third-order valence-corrected chi connectivity index (χ3v) is 3.28. The van der Waals surface area contributed by atoms with Gasteiger partial charge in [-0.15, -0.1) is 0 Å². The fourth-order valence-electron chi connectivity index (χ4n) is 1.99. The van der Waals surface area contributed by atoms with Crippen molar-refractivity contribution in [3.63, 3.8) is 0 Å². The van der Waals surface area contributed by atoms with Crippen molar-refractivity contribution in [3.8, 4) is 0 Å². The van der Waals surface area contributed by atoms with Crippen LogP contribution in [0.3, 0.4) is 0 Å². The van der Waals surface area contributed by atoms with Crippen molar-refractivity contribution in [1.29, 1.82) is 0 Å². The van der Waals surface area contributed by atoms with E-state index < -0.39 is 5.82 Å². The smallest absolute Gasteiger partial charge is 0.252 e. The minimum Gasteiger partial charge on any atom is -0.367 e. The summed E-state index contributed by atoms with van der Waals surface area (Å²) in [5.74, 6) is -0.800. The summed E-state index contributed by atoms with van der Waals surface area (Å²) in [6.07, 6.45) is 0. The molecule has 18 heavy (non-hydrogen) atoms. The molecule has 4 nitrogen and oxygen atoms in total. The molecule has 1 amide bonds. The standard InChI is InChI=1S/C12H15ClFN3O/c1-15-12(18)8-6-10(14)11(7-9(8)13)17-4-2-16-3-5-17/h6-7,16H,2-5H2,1H3,(H,15,18). The van der Waals surface area contributed by atoms with Crippen LogP contribution in [0.4, 0.5) is 10.1 Å². The van der Waals surface area contributed by atoms with Crippen molar-refractivity contribution >= 4 is 23.2 Å². The second-order valence-electron chi connectivity index (χ2n) is 4.10. The summed E-state index contributed by atoms with van der Waals surface area (Å²) in [5.41, 5.74) is 0.615. The molecule has 1 aromatic carbocycles. The van der Waals surface area contributed by atoms with Crippen LogP contribution in [0, 0.1) is 5.82 Å². The first kappa shape index (κ1) is 13.1. The lowest BCUT2D eigenvalue weighted by molar-refractivity contribution is 0.0963. The van der Waals surface area contributed by atoms with Crippen LogP contribution in [0.5, 0.6) is 0 Å². The summed E-state index contributed by atoms with van der Waals surface area (Å²) in [7, 11) is 1.49. The zero-order valence-corrected chi connectivity index (χ0v) is 10.9. The summed E-state index contributed by atoms with van der Waals surface area (Å²) in [6, 6.07) is 2.71. The molecule has 0 bridgehead atoms. The Morgan fingerprint density at radius 1 is 1.44 bits per heavy atom. The van der Waals surface area contributed by atoms with Crippen LogP contribution >= 0.6 is 11.6 Å². The maximum Gasteiger partial charge on any atom is 0.252 e. The number of hydrogen-bond donors (Lipinski definition) is 2. The molecule has 1 aromatic rings. The Hall–Kier alpha value is -1.33. The van der Waals surface area contributed by atoms with Gasteiger partial charge in [0.15, 0.2) is 0 Å². The number of nitrogens with one attached hydrogen (secondary N) is 2. The Bertz CT molecular complexity index is 461. The molecular weight excluding hydrogens is 257 g/mol. The van der Waals surface area contributed by atoms with E-state index in [0.29, 0.717) is 5.69 Å². The largest absolute Gasteiger partial charge is 0.367 e. The summed E-state index contributed by atoms with van der Waals surface area (Å²) in [5, 5.41) is 5.90. The predicted molar refractivity (Wildman–Crippen MR) is 69.9 cm³/mol. The van der Waals surface area contributed by atoms with Crippen molar-refractivity contribution in [2.45, 2.75) is 0 Å². The van der Waals surface area contributed by atoms with Gasteiger partial charge in [-0.05, 0) is 12.1 Å². The second kappa shape index (κ2) is 5.54. The van der Waals surface area contributed by atoms with E-state index in [4.69, 9.17) is 11.6 Å². The number of carbonyl (C=O) groups is 1. The van der Waals surface area contributed by atoms with Crippen LogP contribution in [-0.2, 0) is 0 Å². The van der Waals surface area contributed by atoms with Gasteiger partial charge >= 0.3 is 0 Å². The van der Waals surface area contributed by atoms with Crippen molar-refractivity contribution in [2.24, 2.45) is 0 Å². The first-order valence-electron chi connectivity index (χ1n) is 5.80. The first-order valence-corrected chi connectivity index (χ1v) is 6.18. The Balaban J connectivity index is 2.33. The molecule has 2 N–H and O–H groups in total. The average molecular weight is 272 g/mol. The Labute approximate surface area is 110 Å². The van der Waals surface area contributed by atoms with Gasteiger partial charge in [-0.25, -0.2) is 4.39 Å². The molecule has 1 fully saturated rings. The molecule has 0 atom stereocenters. The number of nitrogens with zero attached hydrogens (tertiary/aromatic N) is 1. The van der Waals surface area contributed by atoms with Crippen molar-refractivity contribution < 1.29 is 9.18 Å². The van der Waals surface area contributed by atoms with E-state index in [1.165, 1.54) is 19.2 Å². The van der Waals surface area contributed by atoms with Gasteiger partial charge in [-0.1, -0.05) is 11.6 Å². The topological polar surface area (TPSA) is 44.4 Å². The van der Waals surface area contributed by atoms with Crippen molar-refractivity contribution in [3.05, 3.63) is 28.5 Å². The van der Waals surface area contributed by atoms with E-state index in [1.807, 2.05) is 4.90 Å². The highest BCUT2D eigenvalue weighted by Gasteiger charge is 2.19. The van der Waals surface area contributed by atoms with Crippen LogP contribution in [0.2, 0.25) is 5.02 Å². The van der Waals surface area contributed by atoms with Gasteiger partial charge in [0.05, 0.1) is 16.3 Å². The second-order valence-corrected chi connectivity index (χ2v) is 4.51. The van der Waals surface area contributed by atoms with Crippen LogP contribution < -0.4 is 15.5 Å². The molecule has 0 saturated carbocycles. The first-order chi connectivity index (χ1) is 8.63. The van der Waals surface area contributed by atoms with E-state index in [1.54, 1.807) is 0 Å². The molecule has 98 valence electrons. The van der Waals surface area contributed by atoms with E-state index >= 15 is 0 Å². The van der Waals surface area contributed by atoms with Crippen molar-refractivity contribution in [1.82, 2.24) is 10.6 Å². The molecule has 1 heterocycles. The average Bonchev–Trinajstić information content (AvgIpc) is 2.41. The molecular formula is C12H15ClFN3O. The molecule has 0 aliphatic carbocycles. The Morgan fingerprint density at radius 3 is 2.72 bits per heavy atom. The fraction of sp³-hybridized carbons (Fsp3) is 0.417. The van der Waals surface area contributed by atoms with E-state index in [2.05, 4.69) is 10.6 Å². The van der Waals surface area contributed by atoms with Crippen LogP contribution in [0.25, 0.3) is 0 Å². The normalized spacial score (nSPS) is 15.6. The monoisotopic (exact) mass is 271 g/mol. The number of piperazine rings is 1. The summed E-state index contributed by atoms with van der Waals surface area (Å²) < 4.78 is 14.0. The minimum absolute atomic E-state index is 0.163. The maximum absolute atomic E-state index is 14.0. The van der Waals surface area contributed by atoms with Crippen LogP contribution in [0.15, 0.2) is 12.1 Å². The van der Waals surface area contributed by atoms with Crippen molar-refractivity contribution in [2.75, 3.05) is 38.1 Å². The van der Waals surface area contributed by atoms with Crippen LogP contribution in [-0.4, -0.2) is 39.1 Å². The number of anilines is 1. The number of amides is 1. The number of rotatable bonds is 2. The molecule has 6 heteroatoms. The Morgan fingerprint density at radius 2 is 2.11 bits per heavy atom. The third kappa shape index (κ3) is 2.57. The molecule has 1 aliphatic heterocycles. The quantitative estimate of drug-likeness (QED) is 0.851. The highest BCUT2D eigenvalue weighted by Crippen LogP contribution is 2.27. The lowest BCUT2D eigenvalue weighted by atomic mass is 10.1. The minimum atomic E-state index is -0.417. The molecule has 2 rings (SSSR count). The van der Waals surface area contributed by atoms with Gasteiger partial charge in [-0.3, -0.25) is 4.79 Å². The third-order valence-electron chi connectivity index (χ3n) is 2.97. The number of carbonyl (C=O) groups excluding carboxylic acids is 1. The molecule has 0 spiro atoms. The van der Waals surface area contributed by atoms with Gasteiger partial charge in [0.2, 0.25) is 0 Å². The predicted octanol–water partition coefficient (Wildman–Crippen LogP) is 1.25. The molecule has 0 aromatic heterocycles. The summed E-state index contributed by atoms with van der Waals surface area (Å²) in [6.45, 7) is 3.08. The number of halogens is 2. The highest BCUT2D eigenvalue weighted by atomic mass is 35.5. The Kier molecular flexibility index (Phi) is 4.04. The molecule has 1 saturated heterocycles. The highest BCUT2D eigenvalue weighted by molar-refractivity contribution is 6.34. The molecule has 0 unspecified atom stereocenters. The van der Waals surface area contributed by atoms with E-state index in [9.17, 15) is 9.18 Å². The lowest BCUT2D eigenvalue weighted by Crippen LogP contribution is -2.43. The zero-order valence-electron chi connectivity index (χ0n) is 10.1. The maximum atomic E-state index is 14.0. The summed E-state index contributed by atoms with van der Waals surface area (Å²) >= 11 is 6.02. The van der Waals surface area contributed by atoms with Gasteiger partial charge in [0.1, 0.15) is 5.82 Å². The fourth-order valence-corrected chi connectivity index (χ4v) is 2.24. The number of benzene rings is 1. The van der Waals surface area contributed by atoms with Gasteiger partial charge < -0.3 is 15.5 Å². The van der Waals surface area contributed by atoms with E-state index in [0.717, 1.165) is 26.2 Å². The zero-order chi connectivity index (χ0) is 13.1. The SMILES string of the molecule is CNC(=O)c1cc(F)c(N2CCNCC2)cc1Cl. The number of hydrogen-bond acceptors (Lipinski definition) is 3. The van der Waals surface area contributed by atoms with Crippen LogP contribution in [0.1, 0.15) is 10.4 Å². The van der Waals surface area contributed by atoms with Gasteiger partial charge in [-0.2, -0.15) is 0 Å².